The molecule has 1 rings (SSSR count). The fourth-order valence-electron chi connectivity index (χ4n) is 1.73. The highest BCUT2D eigenvalue weighted by atomic mass is 15.2. The summed E-state index contributed by atoms with van der Waals surface area (Å²) >= 11 is 0. The van der Waals surface area contributed by atoms with Crippen LogP contribution >= 0.6 is 0 Å². The molecule has 0 radical (unpaired) electrons. The molecule has 0 saturated heterocycles. The second-order valence-corrected chi connectivity index (χ2v) is 5.73. The summed E-state index contributed by atoms with van der Waals surface area (Å²) in [5, 5.41) is 3.39. The molecule has 1 heterocycles. The molecule has 0 aliphatic carbocycles. The Labute approximate surface area is 111 Å². The van der Waals surface area contributed by atoms with Crippen LogP contribution in [0, 0.1) is 0 Å². The second kappa shape index (κ2) is 5.89. The molecule has 0 spiro atoms. The van der Waals surface area contributed by atoms with Crippen LogP contribution in [-0.2, 0) is 0 Å². The van der Waals surface area contributed by atoms with Gasteiger partial charge in [-0.05, 0) is 46.8 Å². The SMILES string of the molecule is C=C(C)CN(CC)c1cccc(NC(C)(C)C)n1. The molecule has 18 heavy (non-hydrogen) atoms. The minimum Gasteiger partial charge on any atom is -0.365 e. The molecule has 0 fully saturated rings. The van der Waals surface area contributed by atoms with E-state index in [1.807, 2.05) is 25.1 Å². The minimum absolute atomic E-state index is 0.0248. The number of anilines is 2. The molecule has 0 aromatic carbocycles. The Kier molecular flexibility index (Phi) is 4.76. The van der Waals surface area contributed by atoms with Gasteiger partial charge in [-0.15, -0.1) is 0 Å². The molecular formula is C15H25N3. The minimum atomic E-state index is 0.0248. The van der Waals surface area contributed by atoms with Crippen LogP contribution in [0.2, 0.25) is 0 Å². The molecule has 1 aromatic heterocycles. The van der Waals surface area contributed by atoms with E-state index in [9.17, 15) is 0 Å². The van der Waals surface area contributed by atoms with E-state index in [1.54, 1.807) is 0 Å². The number of hydrogen-bond acceptors (Lipinski definition) is 3. The van der Waals surface area contributed by atoms with Gasteiger partial charge in [-0.1, -0.05) is 18.2 Å². The van der Waals surface area contributed by atoms with Gasteiger partial charge in [-0.25, -0.2) is 4.98 Å². The first-order valence-electron chi connectivity index (χ1n) is 6.46. The van der Waals surface area contributed by atoms with Crippen LogP contribution in [0.5, 0.6) is 0 Å². The number of hydrogen-bond donors (Lipinski definition) is 1. The van der Waals surface area contributed by atoms with E-state index in [1.165, 1.54) is 0 Å². The van der Waals surface area contributed by atoms with Crippen LogP contribution in [0.1, 0.15) is 34.6 Å². The number of nitrogens with zero attached hydrogens (tertiary/aromatic N) is 2. The van der Waals surface area contributed by atoms with Crippen molar-refractivity contribution < 1.29 is 0 Å². The van der Waals surface area contributed by atoms with Gasteiger partial charge >= 0.3 is 0 Å². The standard InChI is InChI=1S/C15H25N3/c1-7-18(11-12(2)3)14-10-8-9-13(16-14)17-15(4,5)6/h8-10H,2,7,11H2,1,3-6H3,(H,16,17). The monoisotopic (exact) mass is 247 g/mol. The predicted octanol–water partition coefficient (Wildman–Crippen LogP) is 3.69. The summed E-state index contributed by atoms with van der Waals surface area (Å²) < 4.78 is 0. The molecule has 0 saturated carbocycles. The molecular weight excluding hydrogens is 222 g/mol. The van der Waals surface area contributed by atoms with Crippen molar-refractivity contribution in [2.24, 2.45) is 0 Å². The van der Waals surface area contributed by atoms with Gasteiger partial charge in [0.2, 0.25) is 0 Å². The predicted molar refractivity (Wildman–Crippen MR) is 80.3 cm³/mol. The van der Waals surface area contributed by atoms with Crippen molar-refractivity contribution in [3.8, 4) is 0 Å². The highest BCUT2D eigenvalue weighted by Crippen LogP contribution is 2.18. The van der Waals surface area contributed by atoms with Crippen LogP contribution in [-0.4, -0.2) is 23.6 Å². The van der Waals surface area contributed by atoms with Crippen molar-refractivity contribution in [1.29, 1.82) is 0 Å². The Balaban J connectivity index is 2.89. The largest absolute Gasteiger partial charge is 0.365 e. The highest BCUT2D eigenvalue weighted by molar-refractivity contribution is 5.48. The number of rotatable bonds is 5. The van der Waals surface area contributed by atoms with E-state index in [0.29, 0.717) is 0 Å². The Hall–Kier alpha value is -1.51. The van der Waals surface area contributed by atoms with Crippen molar-refractivity contribution >= 4 is 11.6 Å². The summed E-state index contributed by atoms with van der Waals surface area (Å²) in [5.41, 5.74) is 1.17. The van der Waals surface area contributed by atoms with E-state index < -0.39 is 0 Å². The van der Waals surface area contributed by atoms with Crippen molar-refractivity contribution in [2.45, 2.75) is 40.2 Å². The zero-order valence-corrected chi connectivity index (χ0v) is 12.2. The molecule has 100 valence electrons. The zero-order chi connectivity index (χ0) is 13.8. The van der Waals surface area contributed by atoms with E-state index in [4.69, 9.17) is 0 Å². The maximum atomic E-state index is 4.66. The molecule has 1 aromatic rings. The van der Waals surface area contributed by atoms with E-state index in [-0.39, 0.29) is 5.54 Å². The van der Waals surface area contributed by atoms with Crippen molar-refractivity contribution in [2.75, 3.05) is 23.3 Å². The van der Waals surface area contributed by atoms with Gasteiger partial charge in [0, 0.05) is 18.6 Å². The highest BCUT2D eigenvalue weighted by Gasteiger charge is 2.11. The fourth-order valence-corrected chi connectivity index (χ4v) is 1.73. The summed E-state index contributed by atoms with van der Waals surface area (Å²) in [6.45, 7) is 16.3. The average molecular weight is 247 g/mol. The lowest BCUT2D eigenvalue weighted by Gasteiger charge is -2.25. The lowest BCUT2D eigenvalue weighted by atomic mass is 10.1. The van der Waals surface area contributed by atoms with Crippen LogP contribution in [0.4, 0.5) is 11.6 Å². The maximum Gasteiger partial charge on any atom is 0.131 e. The van der Waals surface area contributed by atoms with E-state index in [2.05, 4.69) is 49.5 Å². The van der Waals surface area contributed by atoms with Crippen LogP contribution in [0.25, 0.3) is 0 Å². The Bertz CT molecular complexity index is 404. The topological polar surface area (TPSA) is 28.2 Å². The second-order valence-electron chi connectivity index (χ2n) is 5.73. The maximum absolute atomic E-state index is 4.66. The third-order valence-electron chi connectivity index (χ3n) is 2.40. The molecule has 3 nitrogen and oxygen atoms in total. The molecule has 0 unspecified atom stereocenters. The smallest absolute Gasteiger partial charge is 0.131 e. The zero-order valence-electron chi connectivity index (χ0n) is 12.2. The fraction of sp³-hybridized carbons (Fsp3) is 0.533. The quantitative estimate of drug-likeness (QED) is 0.804. The van der Waals surface area contributed by atoms with Gasteiger partial charge in [-0.2, -0.15) is 0 Å². The Morgan fingerprint density at radius 2 is 2.06 bits per heavy atom. The summed E-state index contributed by atoms with van der Waals surface area (Å²) in [5.74, 6) is 1.91. The molecule has 0 atom stereocenters. The summed E-state index contributed by atoms with van der Waals surface area (Å²) in [7, 11) is 0. The first kappa shape index (κ1) is 14.6. The molecule has 0 aliphatic heterocycles. The van der Waals surface area contributed by atoms with E-state index in [0.717, 1.165) is 30.3 Å². The first-order chi connectivity index (χ1) is 8.31. The average Bonchev–Trinajstić information content (AvgIpc) is 2.23. The van der Waals surface area contributed by atoms with Gasteiger partial charge in [0.1, 0.15) is 11.6 Å². The van der Waals surface area contributed by atoms with Gasteiger partial charge in [0.05, 0.1) is 0 Å². The lowest BCUT2D eigenvalue weighted by Crippen LogP contribution is -2.28. The number of likely N-dealkylation sites (N-methyl/N-ethyl adjacent to an activating group) is 1. The third kappa shape index (κ3) is 4.78. The molecule has 0 aliphatic rings. The number of pyridine rings is 1. The van der Waals surface area contributed by atoms with E-state index >= 15 is 0 Å². The van der Waals surface area contributed by atoms with Gasteiger partial charge in [0.15, 0.2) is 0 Å². The number of nitrogens with one attached hydrogen (secondary N) is 1. The number of aromatic nitrogens is 1. The van der Waals surface area contributed by atoms with Crippen molar-refractivity contribution in [3.05, 3.63) is 30.4 Å². The van der Waals surface area contributed by atoms with Gasteiger partial charge < -0.3 is 10.2 Å². The Morgan fingerprint density at radius 1 is 1.39 bits per heavy atom. The molecule has 0 amide bonds. The van der Waals surface area contributed by atoms with Crippen LogP contribution in [0.3, 0.4) is 0 Å². The summed E-state index contributed by atoms with van der Waals surface area (Å²) in [6.07, 6.45) is 0. The summed E-state index contributed by atoms with van der Waals surface area (Å²) in [6, 6.07) is 6.08. The first-order valence-corrected chi connectivity index (χ1v) is 6.46. The van der Waals surface area contributed by atoms with Gasteiger partial charge in [-0.3, -0.25) is 0 Å². The van der Waals surface area contributed by atoms with Crippen LogP contribution in [0.15, 0.2) is 30.4 Å². The lowest BCUT2D eigenvalue weighted by molar-refractivity contribution is 0.630. The summed E-state index contributed by atoms with van der Waals surface area (Å²) in [4.78, 5) is 6.87. The molecule has 0 bridgehead atoms. The van der Waals surface area contributed by atoms with Gasteiger partial charge in [0.25, 0.3) is 0 Å². The molecule has 3 heteroatoms. The van der Waals surface area contributed by atoms with Crippen LogP contribution < -0.4 is 10.2 Å². The Morgan fingerprint density at radius 3 is 2.56 bits per heavy atom. The normalized spacial score (nSPS) is 11.2. The van der Waals surface area contributed by atoms with Crippen molar-refractivity contribution in [3.63, 3.8) is 0 Å². The molecule has 1 N–H and O–H groups in total. The van der Waals surface area contributed by atoms with Crippen molar-refractivity contribution in [1.82, 2.24) is 4.98 Å². The third-order valence-corrected chi connectivity index (χ3v) is 2.40.